The van der Waals surface area contributed by atoms with Crippen molar-refractivity contribution in [2.45, 2.75) is 33.2 Å². The normalized spacial score (nSPS) is 12.3. The first kappa shape index (κ1) is 19.4. The monoisotopic (exact) mass is 398 g/mol. The largest absolute Gasteiger partial charge is 0.494 e. The molecule has 0 amide bonds. The van der Waals surface area contributed by atoms with E-state index in [4.69, 9.17) is 0 Å². The van der Waals surface area contributed by atoms with Crippen LogP contribution in [0.25, 0.3) is 22.2 Å². The van der Waals surface area contributed by atoms with Crippen LogP contribution in [0, 0.1) is 18.3 Å². The summed E-state index contributed by atoms with van der Waals surface area (Å²) in [5.41, 5.74) is 4.18. The molecule has 7 heteroatoms. The Balaban J connectivity index is 1.79. The molecule has 0 atom stereocenters. The number of aromatic nitrogens is 4. The van der Waals surface area contributed by atoms with Gasteiger partial charge in [0.15, 0.2) is 11.7 Å². The van der Waals surface area contributed by atoms with Crippen molar-refractivity contribution >= 4 is 22.4 Å². The number of benzene rings is 1. The molecule has 0 saturated carbocycles. The number of fused-ring (bicyclic) bond motifs is 1. The van der Waals surface area contributed by atoms with Crippen molar-refractivity contribution in [3.63, 3.8) is 0 Å². The molecule has 4 aromatic rings. The Morgan fingerprint density at radius 3 is 2.77 bits per heavy atom. The zero-order valence-electron chi connectivity index (χ0n) is 17.3. The molecule has 0 spiro atoms. The number of aromatic amines is 1. The van der Waals surface area contributed by atoms with Crippen molar-refractivity contribution < 1.29 is 5.11 Å². The molecule has 3 aromatic heterocycles. The highest BCUT2D eigenvalue weighted by atomic mass is 16.3. The number of aliphatic imine (C=N–C) groups is 1. The highest BCUT2D eigenvalue weighted by Crippen LogP contribution is 2.32. The van der Waals surface area contributed by atoms with Gasteiger partial charge in [-0.1, -0.05) is 24.3 Å². The van der Waals surface area contributed by atoms with Gasteiger partial charge in [-0.2, -0.15) is 10.4 Å². The van der Waals surface area contributed by atoms with Gasteiger partial charge in [0.2, 0.25) is 0 Å². The van der Waals surface area contributed by atoms with Gasteiger partial charge in [0.05, 0.1) is 34.8 Å². The quantitative estimate of drug-likeness (QED) is 0.480. The van der Waals surface area contributed by atoms with Crippen LogP contribution in [-0.4, -0.2) is 30.6 Å². The molecule has 0 bridgehead atoms. The van der Waals surface area contributed by atoms with E-state index in [1.165, 1.54) is 0 Å². The van der Waals surface area contributed by atoms with E-state index in [0.717, 1.165) is 27.7 Å². The molecule has 150 valence electrons. The molecule has 1 aromatic carbocycles. The van der Waals surface area contributed by atoms with Gasteiger partial charge >= 0.3 is 0 Å². The summed E-state index contributed by atoms with van der Waals surface area (Å²) >= 11 is 0. The maximum Gasteiger partial charge on any atom is 0.198 e. The van der Waals surface area contributed by atoms with Crippen molar-refractivity contribution in [2.24, 2.45) is 4.99 Å². The summed E-state index contributed by atoms with van der Waals surface area (Å²) in [6, 6.07) is 14.0. The van der Waals surface area contributed by atoms with Crippen LogP contribution in [0.3, 0.4) is 0 Å². The lowest BCUT2D eigenvalue weighted by Gasteiger charge is -2.14. The lowest BCUT2D eigenvalue weighted by Crippen LogP contribution is -2.24. The molecule has 4 rings (SSSR count). The summed E-state index contributed by atoms with van der Waals surface area (Å²) in [5, 5.41) is 25.1. The Morgan fingerprint density at radius 1 is 1.27 bits per heavy atom. The molecule has 0 aliphatic carbocycles. The summed E-state index contributed by atoms with van der Waals surface area (Å²) in [7, 11) is 0. The summed E-state index contributed by atoms with van der Waals surface area (Å²) in [5.74, 6) is 0.504. The van der Waals surface area contributed by atoms with Crippen LogP contribution in [0.4, 0.5) is 5.82 Å². The Hall–Kier alpha value is -3.92. The van der Waals surface area contributed by atoms with Crippen LogP contribution in [-0.2, 0) is 5.54 Å². The summed E-state index contributed by atoms with van der Waals surface area (Å²) < 4.78 is 1.58. The van der Waals surface area contributed by atoms with Gasteiger partial charge in [0.25, 0.3) is 0 Å². The van der Waals surface area contributed by atoms with Gasteiger partial charge in [-0.3, -0.25) is 9.67 Å². The number of aryl methyl sites for hydroxylation is 1. The second-order valence-electron chi connectivity index (χ2n) is 7.77. The zero-order valence-corrected chi connectivity index (χ0v) is 17.3. The van der Waals surface area contributed by atoms with E-state index >= 15 is 0 Å². The number of hydrogen-bond donors (Lipinski definition) is 2. The van der Waals surface area contributed by atoms with Gasteiger partial charge in [0, 0.05) is 23.2 Å². The fraction of sp³-hybridized carbons (Fsp3) is 0.217. The van der Waals surface area contributed by atoms with E-state index in [1.54, 1.807) is 37.0 Å². The molecule has 0 aliphatic heterocycles. The van der Waals surface area contributed by atoms with Crippen molar-refractivity contribution in [3.05, 3.63) is 59.9 Å². The maximum absolute atomic E-state index is 10.5. The third-order valence-electron chi connectivity index (χ3n) is 5.15. The number of nitrogens with one attached hydrogen (secondary N) is 1. The first-order valence-corrected chi connectivity index (χ1v) is 9.60. The molecule has 2 N–H and O–H groups in total. The minimum absolute atomic E-state index is 0.0340. The van der Waals surface area contributed by atoms with E-state index in [2.05, 4.69) is 26.1 Å². The predicted molar refractivity (Wildman–Crippen MR) is 117 cm³/mol. The average Bonchev–Trinajstić information content (AvgIpc) is 3.31. The number of nitrogens with zero attached hydrogens (tertiary/aromatic N) is 5. The molecular formula is C23H22N6O. The maximum atomic E-state index is 10.5. The molecular weight excluding hydrogens is 376 g/mol. The predicted octanol–water partition coefficient (Wildman–Crippen LogP) is 4.84. The van der Waals surface area contributed by atoms with Crippen LogP contribution >= 0.6 is 0 Å². The third-order valence-corrected chi connectivity index (χ3v) is 5.15. The van der Waals surface area contributed by atoms with Crippen LogP contribution in [0.5, 0.6) is 5.88 Å². The molecule has 3 heterocycles. The van der Waals surface area contributed by atoms with Crippen molar-refractivity contribution in [2.75, 3.05) is 0 Å². The Bertz CT molecular complexity index is 1320. The highest BCUT2D eigenvalue weighted by molar-refractivity contribution is 6.13. The SMILES string of the molecule is CC(=Nc1ccn(C(C)(C)C#N)n1)c1c(O)[nH]c2cnc(-c3ccccc3C)cc12. The number of nitriles is 1. The van der Waals surface area contributed by atoms with Gasteiger partial charge < -0.3 is 10.1 Å². The number of hydrogen-bond acceptors (Lipinski definition) is 5. The van der Waals surface area contributed by atoms with Gasteiger partial charge in [-0.15, -0.1) is 0 Å². The molecule has 0 aliphatic rings. The third kappa shape index (κ3) is 3.33. The average molecular weight is 398 g/mol. The van der Waals surface area contributed by atoms with Gasteiger partial charge in [0.1, 0.15) is 5.54 Å². The van der Waals surface area contributed by atoms with E-state index in [9.17, 15) is 10.4 Å². The summed E-state index contributed by atoms with van der Waals surface area (Å²) in [4.78, 5) is 12.1. The van der Waals surface area contributed by atoms with Crippen molar-refractivity contribution in [1.29, 1.82) is 5.26 Å². The van der Waals surface area contributed by atoms with Gasteiger partial charge in [-0.25, -0.2) is 4.99 Å². The fourth-order valence-corrected chi connectivity index (χ4v) is 3.42. The minimum atomic E-state index is -0.765. The summed E-state index contributed by atoms with van der Waals surface area (Å²) in [6.07, 6.45) is 3.45. The van der Waals surface area contributed by atoms with E-state index < -0.39 is 5.54 Å². The molecule has 30 heavy (non-hydrogen) atoms. The number of pyridine rings is 1. The standard InChI is InChI=1S/C23H22N6O/c1-14-7-5-6-8-16(14)18-11-17-19(12-25-18)27-22(30)21(17)15(2)26-20-9-10-29(28-20)23(3,4)13-24/h5-12,27,30H,1-4H3. The highest BCUT2D eigenvalue weighted by Gasteiger charge is 2.21. The molecule has 0 radical (unpaired) electrons. The fourth-order valence-electron chi connectivity index (χ4n) is 3.42. The molecule has 7 nitrogen and oxygen atoms in total. The Labute approximate surface area is 174 Å². The number of rotatable bonds is 4. The summed E-state index contributed by atoms with van der Waals surface area (Å²) in [6.45, 7) is 7.44. The van der Waals surface area contributed by atoms with Crippen LogP contribution in [0.1, 0.15) is 31.9 Å². The Kier molecular flexibility index (Phi) is 4.63. The van der Waals surface area contributed by atoms with Crippen LogP contribution in [0.15, 0.2) is 53.8 Å². The lowest BCUT2D eigenvalue weighted by atomic mass is 10.0. The Morgan fingerprint density at radius 2 is 2.03 bits per heavy atom. The number of aromatic hydroxyl groups is 1. The van der Waals surface area contributed by atoms with Crippen molar-refractivity contribution in [1.82, 2.24) is 19.7 Å². The van der Waals surface area contributed by atoms with E-state index in [-0.39, 0.29) is 5.88 Å². The number of H-pyrrole nitrogens is 1. The second kappa shape index (κ2) is 7.16. The van der Waals surface area contributed by atoms with Crippen LogP contribution < -0.4 is 0 Å². The molecule has 0 unspecified atom stereocenters. The van der Waals surface area contributed by atoms with E-state index in [0.29, 0.717) is 17.1 Å². The van der Waals surface area contributed by atoms with Crippen LogP contribution in [0.2, 0.25) is 0 Å². The first-order chi connectivity index (χ1) is 14.3. The van der Waals surface area contributed by atoms with E-state index in [1.807, 2.05) is 44.2 Å². The minimum Gasteiger partial charge on any atom is -0.494 e. The molecule has 0 saturated heterocycles. The van der Waals surface area contributed by atoms with Crippen molar-refractivity contribution in [3.8, 4) is 23.2 Å². The van der Waals surface area contributed by atoms with Gasteiger partial charge in [-0.05, 0) is 39.3 Å². The smallest absolute Gasteiger partial charge is 0.198 e. The zero-order chi connectivity index (χ0) is 21.5. The lowest BCUT2D eigenvalue weighted by molar-refractivity contribution is 0.419. The molecule has 0 fully saturated rings. The topological polar surface area (TPSA) is 103 Å². The first-order valence-electron chi connectivity index (χ1n) is 9.60. The second-order valence-corrected chi connectivity index (χ2v) is 7.77.